The minimum atomic E-state index is -1.19. The highest BCUT2D eigenvalue weighted by Gasteiger charge is 2.60. The topological polar surface area (TPSA) is 160 Å². The molecule has 40 heavy (non-hydrogen) atoms. The number of rotatable bonds is 9. The fraction of sp³-hybridized carbons (Fsp3) is 0.393. The Bertz CT molecular complexity index is 1380. The molecule has 12 heteroatoms. The summed E-state index contributed by atoms with van der Waals surface area (Å²) in [5.41, 5.74) is 1.30. The third-order valence-corrected chi connectivity index (χ3v) is 9.25. The molecule has 0 spiro atoms. The summed E-state index contributed by atoms with van der Waals surface area (Å²) in [4.78, 5) is 57.9. The first-order chi connectivity index (χ1) is 19.1. The molecule has 11 nitrogen and oxygen atoms in total. The van der Waals surface area contributed by atoms with Gasteiger partial charge in [-0.1, -0.05) is 19.1 Å². The Labute approximate surface area is 234 Å². The van der Waals surface area contributed by atoms with Gasteiger partial charge in [0.15, 0.2) is 0 Å². The zero-order valence-corrected chi connectivity index (χ0v) is 22.7. The lowest BCUT2D eigenvalue weighted by molar-refractivity contribution is -0.163. The van der Waals surface area contributed by atoms with Crippen LogP contribution in [0.5, 0.6) is 0 Å². The molecular weight excluding hydrogens is 536 g/mol. The smallest absolute Gasteiger partial charge is 0.353 e. The summed E-state index contributed by atoms with van der Waals surface area (Å²) in [5.74, 6) is -3.88. The van der Waals surface area contributed by atoms with Crippen molar-refractivity contribution in [1.29, 1.82) is 0 Å². The minimum Gasteiger partial charge on any atom is -0.478 e. The molecule has 0 aliphatic carbocycles. The maximum Gasteiger partial charge on any atom is 0.353 e. The van der Waals surface area contributed by atoms with Gasteiger partial charge in [-0.2, -0.15) is 0 Å². The number of aliphatic carboxylic acids is 1. The standard InChI is InChI=1S/C28H30N4O7S/c1-14-22-21(15(2)33)26(35)32(22)23(28(38)39)24(14)40-19-10-20(31(13-19)12-16-5-4-8-29-11-16)25(34)30-18-7-3-6-17(9-18)27(36)37/h3-9,11,14-15,19-22,33H,10,12-13H2,1-2H3,(H,30,34)(H,36,37)(H,38,39)/t14-,15-,19+,20+,21-,22-/m1/s1. The number of carbonyl (C=O) groups is 4. The molecule has 0 unspecified atom stereocenters. The third kappa shape index (κ3) is 5.09. The molecule has 210 valence electrons. The molecule has 5 rings (SSSR count). The second kappa shape index (κ2) is 11.0. The van der Waals surface area contributed by atoms with E-state index >= 15 is 0 Å². The number of amides is 2. The predicted octanol–water partition coefficient (Wildman–Crippen LogP) is 2.25. The number of likely N-dealkylation sites (tertiary alicyclic amines) is 1. The van der Waals surface area contributed by atoms with E-state index in [1.54, 1.807) is 31.5 Å². The van der Waals surface area contributed by atoms with Crippen molar-refractivity contribution in [3.05, 3.63) is 70.5 Å². The molecule has 2 amide bonds. The molecule has 2 saturated heterocycles. The highest BCUT2D eigenvalue weighted by atomic mass is 32.2. The molecule has 0 radical (unpaired) electrons. The molecular formula is C28H30N4O7S. The van der Waals surface area contributed by atoms with Gasteiger partial charge in [0.2, 0.25) is 11.8 Å². The monoisotopic (exact) mass is 566 g/mol. The van der Waals surface area contributed by atoms with Crippen LogP contribution in [0, 0.1) is 11.8 Å². The van der Waals surface area contributed by atoms with E-state index in [1.165, 1.54) is 28.8 Å². The van der Waals surface area contributed by atoms with Crippen LogP contribution in [-0.4, -0.2) is 83.8 Å². The molecule has 2 fully saturated rings. The van der Waals surface area contributed by atoms with Crippen LogP contribution < -0.4 is 5.32 Å². The number of β-lactam (4-membered cyclic amide) rings is 1. The van der Waals surface area contributed by atoms with Gasteiger partial charge in [-0.15, -0.1) is 11.8 Å². The maximum absolute atomic E-state index is 13.5. The summed E-state index contributed by atoms with van der Waals surface area (Å²) in [5, 5.41) is 32.1. The lowest BCUT2D eigenvalue weighted by Gasteiger charge is -2.46. The Morgan fingerprint density at radius 2 is 1.95 bits per heavy atom. The van der Waals surface area contributed by atoms with Crippen molar-refractivity contribution in [2.75, 3.05) is 11.9 Å². The lowest BCUT2D eigenvalue weighted by atomic mass is 9.79. The van der Waals surface area contributed by atoms with Gasteiger partial charge in [-0.25, -0.2) is 9.59 Å². The van der Waals surface area contributed by atoms with Gasteiger partial charge in [0.05, 0.1) is 29.7 Å². The first kappa shape index (κ1) is 27.8. The van der Waals surface area contributed by atoms with Crippen molar-refractivity contribution in [2.24, 2.45) is 11.8 Å². The molecule has 4 heterocycles. The van der Waals surface area contributed by atoms with E-state index in [0.29, 0.717) is 30.1 Å². The first-order valence-electron chi connectivity index (χ1n) is 13.0. The van der Waals surface area contributed by atoms with Gasteiger partial charge in [0, 0.05) is 47.2 Å². The fourth-order valence-corrected chi connectivity index (χ4v) is 7.49. The number of hydrogen-bond donors (Lipinski definition) is 4. The van der Waals surface area contributed by atoms with Gasteiger partial charge in [0.1, 0.15) is 5.70 Å². The summed E-state index contributed by atoms with van der Waals surface area (Å²) in [6, 6.07) is 8.78. The molecule has 2 aromatic rings. The number of benzene rings is 1. The first-order valence-corrected chi connectivity index (χ1v) is 13.9. The van der Waals surface area contributed by atoms with Crippen molar-refractivity contribution in [3.8, 4) is 0 Å². The molecule has 6 atom stereocenters. The van der Waals surface area contributed by atoms with Crippen LogP contribution in [0.15, 0.2) is 59.4 Å². The molecule has 3 aliphatic heterocycles. The van der Waals surface area contributed by atoms with Crippen LogP contribution in [0.3, 0.4) is 0 Å². The van der Waals surface area contributed by atoms with Gasteiger partial charge >= 0.3 is 11.9 Å². The summed E-state index contributed by atoms with van der Waals surface area (Å²) < 4.78 is 0. The van der Waals surface area contributed by atoms with Crippen LogP contribution in [0.25, 0.3) is 0 Å². The normalized spacial score (nSPS) is 26.8. The number of hydrogen-bond acceptors (Lipinski definition) is 8. The minimum absolute atomic E-state index is 0.0402. The third-order valence-electron chi connectivity index (χ3n) is 7.76. The lowest BCUT2D eigenvalue weighted by Crippen LogP contribution is -2.63. The van der Waals surface area contributed by atoms with Crippen molar-refractivity contribution in [2.45, 2.75) is 50.3 Å². The SMILES string of the molecule is C[C@@H](O)[C@H]1C(=O)N2C(C(=O)O)=C(S[C@H]3C[C@@H](C(=O)Nc4cccc(C(=O)O)c4)N(Cc4cccnc4)C3)[C@H](C)[C@H]12. The second-order valence-corrected chi connectivity index (χ2v) is 11.8. The van der Waals surface area contributed by atoms with Crippen molar-refractivity contribution in [1.82, 2.24) is 14.8 Å². The number of nitrogens with one attached hydrogen (secondary N) is 1. The number of carbonyl (C=O) groups excluding carboxylic acids is 2. The number of carboxylic acid groups (broad SMARTS) is 2. The average Bonchev–Trinajstić information content (AvgIpc) is 3.41. The Hall–Kier alpha value is -3.74. The highest BCUT2D eigenvalue weighted by molar-refractivity contribution is 8.03. The molecule has 1 aromatic heterocycles. The van der Waals surface area contributed by atoms with Gasteiger partial charge in [-0.3, -0.25) is 19.5 Å². The van der Waals surface area contributed by atoms with E-state index in [0.717, 1.165) is 5.56 Å². The zero-order chi connectivity index (χ0) is 28.7. The van der Waals surface area contributed by atoms with Crippen LogP contribution in [0.4, 0.5) is 5.69 Å². The summed E-state index contributed by atoms with van der Waals surface area (Å²) in [7, 11) is 0. The number of aliphatic hydroxyl groups is 1. The second-order valence-electron chi connectivity index (χ2n) is 10.4. The number of aromatic carboxylic acids is 1. The quantitative estimate of drug-likeness (QED) is 0.332. The predicted molar refractivity (Wildman–Crippen MR) is 146 cm³/mol. The Morgan fingerprint density at radius 3 is 2.60 bits per heavy atom. The Morgan fingerprint density at radius 1 is 1.18 bits per heavy atom. The summed E-state index contributed by atoms with van der Waals surface area (Å²) in [6.07, 6.45) is 2.92. The van der Waals surface area contributed by atoms with Gasteiger partial charge < -0.3 is 25.5 Å². The Kier molecular flexibility index (Phi) is 7.67. The maximum atomic E-state index is 13.5. The van der Waals surface area contributed by atoms with Gasteiger partial charge in [-0.05, 0) is 43.2 Å². The van der Waals surface area contributed by atoms with Crippen molar-refractivity contribution in [3.63, 3.8) is 0 Å². The summed E-state index contributed by atoms with van der Waals surface area (Å²) in [6.45, 7) is 4.34. The molecule has 0 saturated carbocycles. The van der Waals surface area contributed by atoms with Crippen LogP contribution in [-0.2, 0) is 20.9 Å². The number of pyridine rings is 1. The summed E-state index contributed by atoms with van der Waals surface area (Å²) >= 11 is 1.38. The van der Waals surface area contributed by atoms with Gasteiger partial charge in [0.25, 0.3) is 0 Å². The highest BCUT2D eigenvalue weighted by Crippen LogP contribution is 2.52. The van der Waals surface area contributed by atoms with E-state index in [9.17, 15) is 34.5 Å². The van der Waals surface area contributed by atoms with Crippen LogP contribution in [0.2, 0.25) is 0 Å². The van der Waals surface area contributed by atoms with E-state index in [4.69, 9.17) is 0 Å². The number of nitrogens with zero attached hydrogens (tertiary/aromatic N) is 3. The zero-order valence-electron chi connectivity index (χ0n) is 21.9. The van der Waals surface area contributed by atoms with Crippen molar-refractivity contribution >= 4 is 41.2 Å². The number of thioether (sulfide) groups is 1. The molecule has 4 N–H and O–H groups in total. The van der Waals surface area contributed by atoms with Crippen LogP contribution in [0.1, 0.15) is 36.2 Å². The average molecular weight is 567 g/mol. The number of aliphatic hydroxyl groups excluding tert-OH is 1. The number of aromatic nitrogens is 1. The fourth-order valence-electron chi connectivity index (χ4n) is 5.93. The van der Waals surface area contributed by atoms with Crippen molar-refractivity contribution < 1.29 is 34.5 Å². The molecule has 0 bridgehead atoms. The van der Waals surface area contributed by atoms with E-state index in [-0.39, 0.29) is 34.2 Å². The Balaban J connectivity index is 1.38. The number of fused-ring (bicyclic) bond motifs is 1. The van der Waals surface area contributed by atoms with E-state index in [2.05, 4.69) is 10.3 Å². The molecule has 3 aliphatic rings. The largest absolute Gasteiger partial charge is 0.478 e. The van der Waals surface area contributed by atoms with E-state index in [1.807, 2.05) is 24.0 Å². The number of anilines is 1. The molecule has 1 aromatic carbocycles. The number of carboxylic acids is 2. The van der Waals surface area contributed by atoms with E-state index < -0.39 is 36.0 Å². The van der Waals surface area contributed by atoms with Crippen LogP contribution >= 0.6 is 11.8 Å².